The van der Waals surface area contributed by atoms with Crippen LogP contribution in [0, 0.1) is 0 Å². The molecule has 5 nitrogen and oxygen atoms in total. The fraction of sp³-hybridized carbons (Fsp3) is 0.812. The summed E-state index contributed by atoms with van der Waals surface area (Å²) in [5, 5.41) is 3.35. The van der Waals surface area contributed by atoms with Crippen LogP contribution in [0.3, 0.4) is 0 Å². The van der Waals surface area contributed by atoms with Gasteiger partial charge in [0.25, 0.3) is 0 Å². The maximum atomic E-state index is 4.30. The number of nitrogens with zero attached hydrogens (tertiary/aromatic N) is 4. The average Bonchev–Trinajstić information content (AvgIpc) is 3.17. The van der Waals surface area contributed by atoms with Crippen molar-refractivity contribution in [2.45, 2.75) is 37.8 Å². The van der Waals surface area contributed by atoms with Crippen LogP contribution in [0.5, 0.6) is 0 Å². The van der Waals surface area contributed by atoms with E-state index in [0.717, 1.165) is 12.6 Å². The van der Waals surface area contributed by atoms with Gasteiger partial charge in [-0.05, 0) is 19.9 Å². The first-order valence-corrected chi connectivity index (χ1v) is 8.38. The van der Waals surface area contributed by atoms with Gasteiger partial charge in [-0.15, -0.1) is 0 Å². The molecule has 5 heteroatoms. The molecule has 1 saturated heterocycles. The van der Waals surface area contributed by atoms with E-state index in [4.69, 9.17) is 0 Å². The molecule has 1 aliphatic carbocycles. The molecule has 0 bridgehead atoms. The Balaban J connectivity index is 1.61. The van der Waals surface area contributed by atoms with E-state index < -0.39 is 0 Å². The fourth-order valence-electron chi connectivity index (χ4n) is 3.99. The molecule has 1 N–H and O–H groups in total. The first-order chi connectivity index (χ1) is 10.3. The number of aromatic nitrogens is 2. The van der Waals surface area contributed by atoms with Crippen molar-refractivity contribution in [2.75, 3.05) is 39.8 Å². The van der Waals surface area contributed by atoms with E-state index in [0.29, 0.717) is 6.04 Å². The number of aryl methyl sites for hydroxylation is 1. The van der Waals surface area contributed by atoms with Crippen LogP contribution in [0.2, 0.25) is 0 Å². The molecule has 21 heavy (non-hydrogen) atoms. The minimum absolute atomic E-state index is 0.438. The van der Waals surface area contributed by atoms with Crippen molar-refractivity contribution in [3.05, 3.63) is 18.2 Å². The third-order valence-corrected chi connectivity index (χ3v) is 5.22. The van der Waals surface area contributed by atoms with Crippen LogP contribution < -0.4 is 5.32 Å². The van der Waals surface area contributed by atoms with Gasteiger partial charge in [0.05, 0.1) is 18.1 Å². The van der Waals surface area contributed by atoms with E-state index in [1.807, 2.05) is 19.6 Å². The summed E-state index contributed by atoms with van der Waals surface area (Å²) >= 11 is 0. The quantitative estimate of drug-likeness (QED) is 0.885. The highest BCUT2D eigenvalue weighted by Gasteiger charge is 2.30. The summed E-state index contributed by atoms with van der Waals surface area (Å²) in [7, 11) is 4.14. The first-order valence-electron chi connectivity index (χ1n) is 8.38. The van der Waals surface area contributed by atoms with Crippen LogP contribution in [0.4, 0.5) is 0 Å². The van der Waals surface area contributed by atoms with E-state index in [-0.39, 0.29) is 0 Å². The zero-order valence-electron chi connectivity index (χ0n) is 13.5. The molecule has 0 aromatic carbocycles. The standard InChI is InChI=1S/C16H29N5/c1-17-11-16(15-12-18-13-19(15)2)21-9-7-20(8-10-21)14-5-3-4-6-14/h12-14,16-17H,3-11H2,1-2H3. The van der Waals surface area contributed by atoms with E-state index >= 15 is 0 Å². The molecule has 2 aliphatic rings. The van der Waals surface area contributed by atoms with E-state index in [2.05, 4.69) is 31.7 Å². The molecule has 1 aromatic rings. The normalized spacial score (nSPS) is 23.7. The predicted molar refractivity (Wildman–Crippen MR) is 85.3 cm³/mol. The smallest absolute Gasteiger partial charge is 0.0946 e. The first kappa shape index (κ1) is 15.0. The van der Waals surface area contributed by atoms with Crippen molar-refractivity contribution in [1.29, 1.82) is 0 Å². The second-order valence-corrected chi connectivity index (χ2v) is 6.51. The molecule has 2 fully saturated rings. The van der Waals surface area contributed by atoms with Crippen LogP contribution in [-0.2, 0) is 7.05 Å². The van der Waals surface area contributed by atoms with Gasteiger partial charge in [-0.25, -0.2) is 4.98 Å². The van der Waals surface area contributed by atoms with Crippen molar-refractivity contribution < 1.29 is 0 Å². The zero-order chi connectivity index (χ0) is 14.7. The lowest BCUT2D eigenvalue weighted by atomic mass is 10.1. The summed E-state index contributed by atoms with van der Waals surface area (Å²) in [6.45, 7) is 5.79. The lowest BCUT2D eigenvalue weighted by molar-refractivity contribution is 0.0681. The van der Waals surface area contributed by atoms with Gasteiger partial charge in [-0.2, -0.15) is 0 Å². The molecule has 2 heterocycles. The molecular formula is C16H29N5. The molecule has 0 amide bonds. The number of rotatable bonds is 5. The van der Waals surface area contributed by atoms with Crippen LogP contribution in [0.1, 0.15) is 37.4 Å². The Kier molecular flexibility index (Phi) is 4.93. The minimum Gasteiger partial charge on any atom is -0.336 e. The second-order valence-electron chi connectivity index (χ2n) is 6.51. The van der Waals surface area contributed by atoms with Gasteiger partial charge in [-0.3, -0.25) is 9.80 Å². The Hall–Kier alpha value is -0.910. The number of likely N-dealkylation sites (N-methyl/N-ethyl adjacent to an activating group) is 1. The molecule has 1 saturated carbocycles. The monoisotopic (exact) mass is 291 g/mol. The summed E-state index contributed by atoms with van der Waals surface area (Å²) in [6.07, 6.45) is 9.63. The van der Waals surface area contributed by atoms with Crippen molar-refractivity contribution in [2.24, 2.45) is 7.05 Å². The Morgan fingerprint density at radius 3 is 2.52 bits per heavy atom. The molecular weight excluding hydrogens is 262 g/mol. The largest absolute Gasteiger partial charge is 0.336 e. The van der Waals surface area contributed by atoms with E-state index in [9.17, 15) is 0 Å². The summed E-state index contributed by atoms with van der Waals surface area (Å²) in [4.78, 5) is 9.65. The van der Waals surface area contributed by atoms with Gasteiger partial charge in [-0.1, -0.05) is 12.8 Å². The number of hydrogen-bond acceptors (Lipinski definition) is 4. The van der Waals surface area contributed by atoms with Crippen LogP contribution >= 0.6 is 0 Å². The molecule has 1 aliphatic heterocycles. The Bertz CT molecular complexity index is 430. The maximum absolute atomic E-state index is 4.30. The predicted octanol–water partition coefficient (Wildman–Crippen LogP) is 1.24. The number of imidazole rings is 1. The van der Waals surface area contributed by atoms with E-state index in [1.54, 1.807) is 0 Å². The number of piperazine rings is 1. The highest BCUT2D eigenvalue weighted by atomic mass is 15.3. The summed E-state index contributed by atoms with van der Waals surface area (Å²) in [6, 6.07) is 1.31. The zero-order valence-corrected chi connectivity index (χ0v) is 13.5. The van der Waals surface area contributed by atoms with Crippen molar-refractivity contribution in [3.63, 3.8) is 0 Å². The Morgan fingerprint density at radius 1 is 1.24 bits per heavy atom. The van der Waals surface area contributed by atoms with Gasteiger partial charge >= 0.3 is 0 Å². The molecule has 3 rings (SSSR count). The average molecular weight is 291 g/mol. The molecule has 1 unspecified atom stereocenters. The highest BCUT2D eigenvalue weighted by molar-refractivity contribution is 5.07. The van der Waals surface area contributed by atoms with Crippen LogP contribution in [0.25, 0.3) is 0 Å². The second kappa shape index (κ2) is 6.90. The molecule has 0 spiro atoms. The summed E-state index contributed by atoms with van der Waals surface area (Å²) in [5.74, 6) is 0. The Morgan fingerprint density at radius 2 is 1.95 bits per heavy atom. The van der Waals surface area contributed by atoms with Crippen molar-refractivity contribution in [3.8, 4) is 0 Å². The SMILES string of the molecule is CNCC(c1cncn1C)N1CCN(C2CCCC2)CC1. The molecule has 1 atom stereocenters. The number of hydrogen-bond donors (Lipinski definition) is 1. The maximum Gasteiger partial charge on any atom is 0.0946 e. The van der Waals surface area contributed by atoms with Gasteiger partial charge < -0.3 is 9.88 Å². The lowest BCUT2D eigenvalue weighted by Gasteiger charge is -2.41. The molecule has 118 valence electrons. The third kappa shape index (κ3) is 3.30. The van der Waals surface area contributed by atoms with E-state index in [1.165, 1.54) is 57.6 Å². The van der Waals surface area contributed by atoms with Crippen LogP contribution in [0.15, 0.2) is 12.5 Å². The van der Waals surface area contributed by atoms with Gasteiger partial charge in [0.15, 0.2) is 0 Å². The Labute approximate surface area is 128 Å². The molecule has 0 radical (unpaired) electrons. The fourth-order valence-corrected chi connectivity index (χ4v) is 3.99. The lowest BCUT2D eigenvalue weighted by Crippen LogP contribution is -2.51. The highest BCUT2D eigenvalue weighted by Crippen LogP contribution is 2.26. The van der Waals surface area contributed by atoms with Gasteiger partial charge in [0.2, 0.25) is 0 Å². The van der Waals surface area contributed by atoms with Crippen molar-refractivity contribution in [1.82, 2.24) is 24.7 Å². The third-order valence-electron chi connectivity index (χ3n) is 5.22. The van der Waals surface area contributed by atoms with Gasteiger partial charge in [0, 0.05) is 52.0 Å². The number of nitrogens with one attached hydrogen (secondary N) is 1. The molecule has 1 aromatic heterocycles. The van der Waals surface area contributed by atoms with Crippen LogP contribution in [-0.4, -0.2) is 65.2 Å². The summed E-state index contributed by atoms with van der Waals surface area (Å²) < 4.78 is 2.16. The topological polar surface area (TPSA) is 36.3 Å². The minimum atomic E-state index is 0.438. The van der Waals surface area contributed by atoms with Crippen molar-refractivity contribution >= 4 is 0 Å². The summed E-state index contributed by atoms with van der Waals surface area (Å²) in [5.41, 5.74) is 1.32. The van der Waals surface area contributed by atoms with Gasteiger partial charge in [0.1, 0.15) is 0 Å².